The molecule has 144 valence electrons. The maximum atomic E-state index is 11.7. The summed E-state index contributed by atoms with van der Waals surface area (Å²) in [6.07, 6.45) is 4.17. The zero-order valence-electron chi connectivity index (χ0n) is 15.9. The molecule has 1 saturated heterocycles. The zero-order chi connectivity index (χ0) is 18.6. The van der Waals surface area contributed by atoms with Crippen molar-refractivity contribution >= 4 is 17.6 Å². The van der Waals surface area contributed by atoms with Gasteiger partial charge in [-0.25, -0.2) is 0 Å². The lowest BCUT2D eigenvalue weighted by molar-refractivity contribution is -0.178. The van der Waals surface area contributed by atoms with Gasteiger partial charge >= 0.3 is 5.97 Å². The molecule has 0 N–H and O–H groups in total. The molecule has 0 spiro atoms. The molecule has 1 unspecified atom stereocenters. The second-order valence-corrected chi connectivity index (χ2v) is 7.53. The predicted molar refractivity (Wildman–Crippen MR) is 96.9 cm³/mol. The highest BCUT2D eigenvalue weighted by Crippen LogP contribution is 2.52. The maximum Gasteiger partial charge on any atom is 0.321 e. The second-order valence-electron chi connectivity index (χ2n) is 7.27. The fourth-order valence-electron chi connectivity index (χ4n) is 4.03. The SMILES string of the molecule is CCO[C@@H]1CC[C@@H](OC(=O)CCl)[C@@H](OC)[C@@H]1[C@@]1(C)OC1CC=C(C)C. The number of methoxy groups -OCH3 is 1. The van der Waals surface area contributed by atoms with Gasteiger partial charge in [-0.1, -0.05) is 11.6 Å². The van der Waals surface area contributed by atoms with Crippen LogP contribution in [0.2, 0.25) is 0 Å². The van der Waals surface area contributed by atoms with Gasteiger partial charge in [0.25, 0.3) is 0 Å². The Morgan fingerprint density at radius 3 is 2.56 bits per heavy atom. The predicted octanol–water partition coefficient (Wildman–Crippen LogP) is 3.48. The van der Waals surface area contributed by atoms with Gasteiger partial charge in [0.15, 0.2) is 0 Å². The van der Waals surface area contributed by atoms with E-state index in [0.717, 1.165) is 12.8 Å². The molecule has 2 fully saturated rings. The molecule has 1 saturated carbocycles. The Morgan fingerprint density at radius 1 is 1.32 bits per heavy atom. The highest BCUT2D eigenvalue weighted by atomic mass is 35.5. The van der Waals surface area contributed by atoms with Crippen LogP contribution >= 0.6 is 11.6 Å². The summed E-state index contributed by atoms with van der Waals surface area (Å²) in [7, 11) is 1.66. The first-order chi connectivity index (χ1) is 11.9. The molecule has 25 heavy (non-hydrogen) atoms. The highest BCUT2D eigenvalue weighted by molar-refractivity contribution is 6.26. The summed E-state index contributed by atoms with van der Waals surface area (Å²) >= 11 is 5.60. The average molecular weight is 375 g/mol. The fraction of sp³-hybridized carbons (Fsp3) is 0.842. The summed E-state index contributed by atoms with van der Waals surface area (Å²) in [6, 6.07) is 0. The first kappa shape index (κ1) is 20.7. The summed E-state index contributed by atoms with van der Waals surface area (Å²) in [6.45, 7) is 8.92. The average Bonchev–Trinajstić information content (AvgIpc) is 3.25. The van der Waals surface area contributed by atoms with Gasteiger partial charge in [0.2, 0.25) is 0 Å². The Labute approximate surface area is 156 Å². The van der Waals surface area contributed by atoms with Gasteiger partial charge in [0.05, 0.1) is 12.2 Å². The largest absolute Gasteiger partial charge is 0.459 e. The van der Waals surface area contributed by atoms with Crippen LogP contribution in [0.15, 0.2) is 11.6 Å². The molecule has 1 aliphatic carbocycles. The normalized spacial score (nSPS) is 37.4. The lowest BCUT2D eigenvalue weighted by Crippen LogP contribution is -2.54. The molecule has 6 heteroatoms. The molecule has 1 aliphatic heterocycles. The van der Waals surface area contributed by atoms with Crippen LogP contribution in [0.25, 0.3) is 0 Å². The lowest BCUT2D eigenvalue weighted by atomic mass is 9.73. The number of alkyl halides is 1. The van der Waals surface area contributed by atoms with E-state index in [2.05, 4.69) is 26.8 Å². The van der Waals surface area contributed by atoms with Gasteiger partial charge in [-0.05, 0) is 47.0 Å². The Bertz CT molecular complexity index is 490. The topological polar surface area (TPSA) is 57.3 Å². The quantitative estimate of drug-likeness (QED) is 0.282. The number of halogens is 1. The molecule has 0 aromatic rings. The Balaban J connectivity index is 2.18. The number of rotatable bonds is 8. The molecule has 6 atom stereocenters. The van der Waals surface area contributed by atoms with E-state index in [9.17, 15) is 4.79 Å². The van der Waals surface area contributed by atoms with Crippen molar-refractivity contribution in [3.05, 3.63) is 11.6 Å². The van der Waals surface area contributed by atoms with Crippen molar-refractivity contribution in [2.45, 2.75) is 77.0 Å². The van der Waals surface area contributed by atoms with Gasteiger partial charge in [-0.2, -0.15) is 0 Å². The van der Waals surface area contributed by atoms with Crippen LogP contribution in [0.3, 0.4) is 0 Å². The number of allylic oxidation sites excluding steroid dienone is 1. The Kier molecular flexibility index (Phi) is 7.32. The van der Waals surface area contributed by atoms with E-state index in [1.807, 2.05) is 6.92 Å². The zero-order valence-corrected chi connectivity index (χ0v) is 16.7. The Hall–Kier alpha value is -0.620. The summed E-state index contributed by atoms with van der Waals surface area (Å²) in [5, 5.41) is 0. The number of carbonyl (C=O) groups excluding carboxylic acids is 1. The molecule has 0 aromatic carbocycles. The third-order valence-electron chi connectivity index (χ3n) is 5.28. The van der Waals surface area contributed by atoms with E-state index in [4.69, 9.17) is 30.5 Å². The monoisotopic (exact) mass is 374 g/mol. The second kappa shape index (κ2) is 8.85. The van der Waals surface area contributed by atoms with Crippen LogP contribution in [0.5, 0.6) is 0 Å². The summed E-state index contributed by atoms with van der Waals surface area (Å²) in [5.41, 5.74) is 0.943. The molecular weight excluding hydrogens is 344 g/mol. The molecule has 0 amide bonds. The number of esters is 1. The minimum Gasteiger partial charge on any atom is -0.459 e. The van der Waals surface area contributed by atoms with Gasteiger partial charge in [-0.15, -0.1) is 11.6 Å². The minimum absolute atomic E-state index is 0.00916. The number of hydrogen-bond acceptors (Lipinski definition) is 5. The van der Waals surface area contributed by atoms with E-state index in [1.165, 1.54) is 5.57 Å². The third-order valence-corrected chi connectivity index (χ3v) is 5.50. The standard InChI is InChI=1S/C19H31ClO5/c1-6-23-13-8-9-14(24-16(21)11-20)18(22-5)17(13)19(4)15(25-19)10-7-12(2)3/h7,13-15,17-18H,6,8-11H2,1-5H3/t13-,14-,15?,17-,18-,19+/m1/s1. The van der Waals surface area contributed by atoms with Crippen LogP contribution in [0.4, 0.5) is 0 Å². The Morgan fingerprint density at radius 2 is 2.00 bits per heavy atom. The molecule has 0 radical (unpaired) electrons. The smallest absolute Gasteiger partial charge is 0.321 e. The van der Waals surface area contributed by atoms with Crippen LogP contribution in [-0.2, 0) is 23.7 Å². The van der Waals surface area contributed by atoms with Gasteiger partial charge < -0.3 is 18.9 Å². The van der Waals surface area contributed by atoms with Crippen molar-refractivity contribution in [3.63, 3.8) is 0 Å². The first-order valence-electron chi connectivity index (χ1n) is 9.08. The molecule has 2 aliphatic rings. The van der Waals surface area contributed by atoms with Crippen molar-refractivity contribution in [3.8, 4) is 0 Å². The van der Waals surface area contributed by atoms with Crippen molar-refractivity contribution in [1.29, 1.82) is 0 Å². The minimum atomic E-state index is -0.412. The molecular formula is C19H31ClO5. The van der Waals surface area contributed by atoms with E-state index in [0.29, 0.717) is 13.0 Å². The van der Waals surface area contributed by atoms with E-state index in [1.54, 1.807) is 7.11 Å². The lowest BCUT2D eigenvalue weighted by Gasteiger charge is -2.43. The summed E-state index contributed by atoms with van der Waals surface area (Å²) in [4.78, 5) is 11.7. The fourth-order valence-corrected chi connectivity index (χ4v) is 4.09. The maximum absolute atomic E-state index is 11.7. The van der Waals surface area contributed by atoms with E-state index < -0.39 is 5.97 Å². The summed E-state index contributed by atoms with van der Waals surface area (Å²) in [5.74, 6) is -0.552. The van der Waals surface area contributed by atoms with Gasteiger partial charge in [-0.3, -0.25) is 4.79 Å². The van der Waals surface area contributed by atoms with Crippen LogP contribution in [0.1, 0.15) is 47.0 Å². The third kappa shape index (κ3) is 4.76. The number of ether oxygens (including phenoxy) is 4. The number of epoxide rings is 1. The molecule has 0 aromatic heterocycles. The van der Waals surface area contributed by atoms with Crippen molar-refractivity contribution in [1.82, 2.24) is 0 Å². The van der Waals surface area contributed by atoms with Crippen LogP contribution < -0.4 is 0 Å². The highest BCUT2D eigenvalue weighted by Gasteiger charge is 2.63. The first-order valence-corrected chi connectivity index (χ1v) is 9.61. The molecule has 5 nitrogen and oxygen atoms in total. The molecule has 2 rings (SSSR count). The summed E-state index contributed by atoms with van der Waals surface area (Å²) < 4.78 is 23.4. The molecule has 1 heterocycles. The van der Waals surface area contributed by atoms with Crippen LogP contribution in [-0.4, -0.2) is 55.6 Å². The van der Waals surface area contributed by atoms with Crippen molar-refractivity contribution in [2.75, 3.05) is 19.6 Å². The van der Waals surface area contributed by atoms with Crippen molar-refractivity contribution < 1.29 is 23.7 Å². The van der Waals surface area contributed by atoms with Gasteiger partial charge in [0.1, 0.15) is 23.7 Å². The molecule has 0 bridgehead atoms. The van der Waals surface area contributed by atoms with Gasteiger partial charge in [0, 0.05) is 19.6 Å². The van der Waals surface area contributed by atoms with Crippen molar-refractivity contribution in [2.24, 2.45) is 5.92 Å². The number of carbonyl (C=O) groups is 1. The number of hydrogen-bond donors (Lipinski definition) is 0. The van der Waals surface area contributed by atoms with E-state index in [-0.39, 0.29) is 41.8 Å². The van der Waals surface area contributed by atoms with E-state index >= 15 is 0 Å². The van der Waals surface area contributed by atoms with Crippen LogP contribution in [0, 0.1) is 5.92 Å².